The van der Waals surface area contributed by atoms with Gasteiger partial charge in [-0.1, -0.05) is 46.3 Å². The highest BCUT2D eigenvalue weighted by Crippen LogP contribution is 2.14. The highest BCUT2D eigenvalue weighted by molar-refractivity contribution is 9.09. The minimum absolute atomic E-state index is 0.955. The third kappa shape index (κ3) is 1.83. The first-order valence-corrected chi connectivity index (χ1v) is 4.06. The van der Waals surface area contributed by atoms with Crippen molar-refractivity contribution in [1.29, 1.82) is 0 Å². The largest absolute Gasteiger partial charge is 0.0955 e. The van der Waals surface area contributed by atoms with E-state index in [0.717, 1.165) is 11.8 Å². The van der Waals surface area contributed by atoms with Gasteiger partial charge in [-0.05, 0) is 12.0 Å². The molecule has 0 saturated carbocycles. The number of hydrogen-bond acceptors (Lipinski definition) is 0. The molecule has 0 heterocycles. The second-order valence-electron chi connectivity index (χ2n) is 2.11. The van der Waals surface area contributed by atoms with E-state index < -0.39 is 0 Å². The molecule has 1 aliphatic rings. The summed E-state index contributed by atoms with van der Waals surface area (Å²) in [7, 11) is 0. The van der Waals surface area contributed by atoms with E-state index in [1.54, 1.807) is 0 Å². The zero-order chi connectivity index (χ0) is 6.69. The molecule has 0 spiro atoms. The Morgan fingerprint density at radius 2 is 2.33 bits per heavy atom. The Morgan fingerprint density at radius 3 is 2.78 bits per heavy atom. The molecule has 0 nitrogen and oxygen atoms in total. The van der Waals surface area contributed by atoms with Crippen molar-refractivity contribution < 1.29 is 0 Å². The predicted octanol–water partition coefficient (Wildman–Crippen LogP) is 2.82. The second-order valence-corrected chi connectivity index (χ2v) is 2.67. The SMILES string of the molecule is C=C1C=CC(CBr)=CC1. The molecule has 0 bridgehead atoms. The van der Waals surface area contributed by atoms with Gasteiger partial charge in [0.2, 0.25) is 0 Å². The lowest BCUT2D eigenvalue weighted by Crippen LogP contribution is -1.86. The van der Waals surface area contributed by atoms with Gasteiger partial charge < -0.3 is 0 Å². The molecular formula is C8H9Br. The van der Waals surface area contributed by atoms with E-state index in [1.807, 2.05) is 0 Å². The number of rotatable bonds is 1. The van der Waals surface area contributed by atoms with Crippen molar-refractivity contribution in [2.45, 2.75) is 6.42 Å². The fourth-order valence-electron chi connectivity index (χ4n) is 0.722. The van der Waals surface area contributed by atoms with Crippen LogP contribution in [0.25, 0.3) is 0 Å². The summed E-state index contributed by atoms with van der Waals surface area (Å²) in [5.74, 6) is 0. The van der Waals surface area contributed by atoms with Crippen molar-refractivity contribution in [3.8, 4) is 0 Å². The molecule has 1 rings (SSSR count). The summed E-state index contributed by atoms with van der Waals surface area (Å²) in [5.41, 5.74) is 2.54. The standard InChI is InChI=1S/C8H9Br/c1-7-2-4-8(6-9)5-3-7/h2,4-5H,1,3,6H2. The third-order valence-electron chi connectivity index (χ3n) is 1.31. The van der Waals surface area contributed by atoms with E-state index in [-0.39, 0.29) is 0 Å². The molecule has 9 heavy (non-hydrogen) atoms. The zero-order valence-corrected chi connectivity index (χ0v) is 6.82. The smallest absolute Gasteiger partial charge is 0.0280 e. The van der Waals surface area contributed by atoms with Crippen LogP contribution < -0.4 is 0 Å². The van der Waals surface area contributed by atoms with Crippen molar-refractivity contribution >= 4 is 15.9 Å². The molecule has 0 saturated heterocycles. The minimum atomic E-state index is 0.955. The van der Waals surface area contributed by atoms with Gasteiger partial charge in [0.15, 0.2) is 0 Å². The van der Waals surface area contributed by atoms with E-state index >= 15 is 0 Å². The Hall–Kier alpha value is -0.300. The molecule has 0 fully saturated rings. The fraction of sp³-hybridized carbons (Fsp3) is 0.250. The van der Waals surface area contributed by atoms with Gasteiger partial charge in [-0.15, -0.1) is 0 Å². The molecule has 1 aliphatic carbocycles. The summed E-state index contributed by atoms with van der Waals surface area (Å²) < 4.78 is 0. The lowest BCUT2D eigenvalue weighted by atomic mass is 10.1. The lowest BCUT2D eigenvalue weighted by molar-refractivity contribution is 1.23. The Balaban J connectivity index is 2.63. The molecule has 0 amide bonds. The topological polar surface area (TPSA) is 0 Å². The molecule has 48 valence electrons. The number of hydrogen-bond donors (Lipinski definition) is 0. The lowest BCUT2D eigenvalue weighted by Gasteiger charge is -2.03. The van der Waals surface area contributed by atoms with Gasteiger partial charge in [-0.3, -0.25) is 0 Å². The molecule has 0 radical (unpaired) electrons. The number of allylic oxidation sites excluding steroid dienone is 5. The fourth-order valence-corrected chi connectivity index (χ4v) is 1.14. The first-order chi connectivity index (χ1) is 4.33. The van der Waals surface area contributed by atoms with Gasteiger partial charge in [0.25, 0.3) is 0 Å². The maximum Gasteiger partial charge on any atom is 0.0280 e. The van der Waals surface area contributed by atoms with Crippen LogP contribution in [0.4, 0.5) is 0 Å². The van der Waals surface area contributed by atoms with Crippen LogP contribution in [0.3, 0.4) is 0 Å². The first-order valence-electron chi connectivity index (χ1n) is 2.94. The molecule has 0 aromatic carbocycles. The van der Waals surface area contributed by atoms with Gasteiger partial charge in [-0.25, -0.2) is 0 Å². The van der Waals surface area contributed by atoms with Crippen molar-refractivity contribution in [3.63, 3.8) is 0 Å². The monoisotopic (exact) mass is 184 g/mol. The predicted molar refractivity (Wildman–Crippen MR) is 44.8 cm³/mol. The van der Waals surface area contributed by atoms with E-state index in [9.17, 15) is 0 Å². The summed E-state index contributed by atoms with van der Waals surface area (Å²) in [6.07, 6.45) is 7.37. The third-order valence-corrected chi connectivity index (χ3v) is 1.96. The van der Waals surface area contributed by atoms with Crippen molar-refractivity contribution in [1.82, 2.24) is 0 Å². The van der Waals surface area contributed by atoms with Crippen LogP contribution in [-0.4, -0.2) is 5.33 Å². The molecule has 0 aromatic heterocycles. The average Bonchev–Trinajstić information content (AvgIpc) is 1.90. The highest BCUT2D eigenvalue weighted by atomic mass is 79.9. The van der Waals surface area contributed by atoms with E-state index in [4.69, 9.17) is 0 Å². The summed E-state index contributed by atoms with van der Waals surface area (Å²) in [6.45, 7) is 3.84. The van der Waals surface area contributed by atoms with Crippen LogP contribution in [-0.2, 0) is 0 Å². The summed E-state index contributed by atoms with van der Waals surface area (Å²) >= 11 is 3.38. The van der Waals surface area contributed by atoms with Crippen LogP contribution in [0.1, 0.15) is 6.42 Å². The first kappa shape index (κ1) is 6.81. The molecule has 0 N–H and O–H groups in total. The maximum absolute atomic E-state index is 3.84. The van der Waals surface area contributed by atoms with Crippen molar-refractivity contribution in [3.05, 3.63) is 36.0 Å². The van der Waals surface area contributed by atoms with Crippen molar-refractivity contribution in [2.75, 3.05) is 5.33 Å². The summed E-state index contributed by atoms with van der Waals surface area (Å²) in [4.78, 5) is 0. The molecule has 0 atom stereocenters. The van der Waals surface area contributed by atoms with Gasteiger partial charge in [0.1, 0.15) is 0 Å². The Labute approximate surface area is 64.1 Å². The number of halogens is 1. The quantitative estimate of drug-likeness (QED) is 0.551. The highest BCUT2D eigenvalue weighted by Gasteiger charge is 1.95. The Morgan fingerprint density at radius 1 is 1.56 bits per heavy atom. The molecule has 0 aromatic rings. The van der Waals surface area contributed by atoms with E-state index in [0.29, 0.717) is 0 Å². The van der Waals surface area contributed by atoms with Crippen LogP contribution in [0.2, 0.25) is 0 Å². The van der Waals surface area contributed by atoms with Gasteiger partial charge in [0, 0.05) is 5.33 Å². The molecule has 1 heteroatoms. The van der Waals surface area contributed by atoms with Crippen LogP contribution in [0, 0.1) is 0 Å². The average molecular weight is 185 g/mol. The van der Waals surface area contributed by atoms with Gasteiger partial charge >= 0.3 is 0 Å². The summed E-state index contributed by atoms with van der Waals surface area (Å²) in [5, 5.41) is 0.955. The second kappa shape index (κ2) is 3.02. The van der Waals surface area contributed by atoms with E-state index in [2.05, 4.69) is 40.7 Å². The van der Waals surface area contributed by atoms with Crippen LogP contribution in [0.15, 0.2) is 36.0 Å². The van der Waals surface area contributed by atoms with Crippen molar-refractivity contribution in [2.24, 2.45) is 0 Å². The Bertz CT molecular complexity index is 175. The molecule has 0 unspecified atom stereocenters. The minimum Gasteiger partial charge on any atom is -0.0955 e. The molecular weight excluding hydrogens is 176 g/mol. The normalized spacial score (nSPS) is 17.9. The maximum atomic E-state index is 3.84. The zero-order valence-electron chi connectivity index (χ0n) is 5.23. The molecule has 0 aliphatic heterocycles. The van der Waals surface area contributed by atoms with Gasteiger partial charge in [0.05, 0.1) is 0 Å². The number of alkyl halides is 1. The Kier molecular flexibility index (Phi) is 2.29. The van der Waals surface area contributed by atoms with E-state index in [1.165, 1.54) is 11.1 Å². The summed E-state index contributed by atoms with van der Waals surface area (Å²) in [6, 6.07) is 0. The van der Waals surface area contributed by atoms with Crippen LogP contribution in [0.5, 0.6) is 0 Å². The van der Waals surface area contributed by atoms with Crippen LogP contribution >= 0.6 is 15.9 Å². The van der Waals surface area contributed by atoms with Gasteiger partial charge in [-0.2, -0.15) is 0 Å².